The van der Waals surface area contributed by atoms with Crippen LogP contribution in [0.1, 0.15) is 12.5 Å². The van der Waals surface area contributed by atoms with E-state index in [2.05, 4.69) is 23.0 Å². The maximum absolute atomic E-state index is 4.31. The zero-order valence-corrected chi connectivity index (χ0v) is 6.99. The number of hydrogen-bond acceptors (Lipinski definition) is 2. The van der Waals surface area contributed by atoms with Crippen LogP contribution in [0.15, 0.2) is 30.7 Å². The standard InChI is InChI=1S/C10H10N2/c1-2-8-5-9-7-11-4-3-10(9)12-6-8/h3-7H,2H2,1H3. The van der Waals surface area contributed by atoms with E-state index in [1.54, 1.807) is 6.20 Å². The second-order valence-corrected chi connectivity index (χ2v) is 2.77. The molecule has 0 spiro atoms. The van der Waals surface area contributed by atoms with Crippen LogP contribution >= 0.6 is 0 Å². The van der Waals surface area contributed by atoms with E-state index in [4.69, 9.17) is 0 Å². The SMILES string of the molecule is CCc1cnc2ccncc2c1. The predicted octanol–water partition coefficient (Wildman–Crippen LogP) is 2.19. The predicted molar refractivity (Wildman–Crippen MR) is 48.9 cm³/mol. The van der Waals surface area contributed by atoms with E-state index >= 15 is 0 Å². The maximum Gasteiger partial charge on any atom is 0.0732 e. The van der Waals surface area contributed by atoms with Crippen molar-refractivity contribution < 1.29 is 0 Å². The van der Waals surface area contributed by atoms with Crippen LogP contribution in [0.4, 0.5) is 0 Å². The fourth-order valence-electron chi connectivity index (χ4n) is 1.21. The fraction of sp³-hybridized carbons (Fsp3) is 0.200. The molecule has 0 saturated heterocycles. The quantitative estimate of drug-likeness (QED) is 0.635. The van der Waals surface area contributed by atoms with Crippen molar-refractivity contribution in [2.45, 2.75) is 13.3 Å². The molecule has 2 heterocycles. The maximum atomic E-state index is 4.31. The van der Waals surface area contributed by atoms with Gasteiger partial charge in [0.2, 0.25) is 0 Å². The fourth-order valence-corrected chi connectivity index (χ4v) is 1.21. The summed E-state index contributed by atoms with van der Waals surface area (Å²) in [5.41, 5.74) is 2.28. The molecule has 0 atom stereocenters. The molecule has 0 unspecified atom stereocenters. The lowest BCUT2D eigenvalue weighted by atomic mass is 10.2. The zero-order chi connectivity index (χ0) is 8.39. The van der Waals surface area contributed by atoms with Crippen LogP contribution in [-0.2, 0) is 6.42 Å². The second-order valence-electron chi connectivity index (χ2n) is 2.77. The average molecular weight is 158 g/mol. The molecule has 0 aliphatic carbocycles. The minimum Gasteiger partial charge on any atom is -0.264 e. The van der Waals surface area contributed by atoms with E-state index in [9.17, 15) is 0 Å². The molecule has 60 valence electrons. The van der Waals surface area contributed by atoms with Gasteiger partial charge in [-0.05, 0) is 24.1 Å². The molecular formula is C10H10N2. The number of fused-ring (bicyclic) bond motifs is 1. The molecule has 0 radical (unpaired) electrons. The molecule has 0 saturated carbocycles. The summed E-state index contributed by atoms with van der Waals surface area (Å²) >= 11 is 0. The van der Waals surface area contributed by atoms with Gasteiger partial charge in [0.25, 0.3) is 0 Å². The van der Waals surface area contributed by atoms with Crippen LogP contribution in [0, 0.1) is 0 Å². The summed E-state index contributed by atoms with van der Waals surface area (Å²) in [5, 5.41) is 1.12. The molecule has 0 aromatic carbocycles. The monoisotopic (exact) mass is 158 g/mol. The lowest BCUT2D eigenvalue weighted by Crippen LogP contribution is -1.84. The van der Waals surface area contributed by atoms with Gasteiger partial charge in [-0.3, -0.25) is 9.97 Å². The van der Waals surface area contributed by atoms with Crippen LogP contribution in [0.2, 0.25) is 0 Å². The molecule has 2 aromatic rings. The Morgan fingerprint density at radius 2 is 2.25 bits per heavy atom. The Hall–Kier alpha value is -1.44. The summed E-state index contributed by atoms with van der Waals surface area (Å²) in [6.45, 7) is 2.12. The number of rotatable bonds is 1. The van der Waals surface area contributed by atoms with Gasteiger partial charge < -0.3 is 0 Å². The lowest BCUT2D eigenvalue weighted by molar-refractivity contribution is 1.12. The first-order valence-electron chi connectivity index (χ1n) is 4.09. The number of aromatic nitrogens is 2. The number of pyridine rings is 2. The van der Waals surface area contributed by atoms with Gasteiger partial charge in [0.1, 0.15) is 0 Å². The third-order valence-electron chi connectivity index (χ3n) is 1.95. The molecule has 2 rings (SSSR count). The molecule has 2 aromatic heterocycles. The van der Waals surface area contributed by atoms with Gasteiger partial charge >= 0.3 is 0 Å². The smallest absolute Gasteiger partial charge is 0.0732 e. The molecule has 0 bridgehead atoms. The van der Waals surface area contributed by atoms with Crippen LogP contribution in [0.3, 0.4) is 0 Å². The van der Waals surface area contributed by atoms with E-state index < -0.39 is 0 Å². The van der Waals surface area contributed by atoms with Crippen LogP contribution in [0.5, 0.6) is 0 Å². The van der Waals surface area contributed by atoms with Gasteiger partial charge in [0.05, 0.1) is 5.52 Å². The first-order valence-corrected chi connectivity index (χ1v) is 4.09. The first kappa shape index (κ1) is 7.22. The van der Waals surface area contributed by atoms with Gasteiger partial charge in [-0.25, -0.2) is 0 Å². The highest BCUT2D eigenvalue weighted by atomic mass is 14.7. The topological polar surface area (TPSA) is 25.8 Å². The van der Waals surface area contributed by atoms with E-state index in [-0.39, 0.29) is 0 Å². The molecule has 0 fully saturated rings. The number of aryl methyl sites for hydroxylation is 1. The van der Waals surface area contributed by atoms with Crippen molar-refractivity contribution in [2.75, 3.05) is 0 Å². The molecule has 12 heavy (non-hydrogen) atoms. The van der Waals surface area contributed by atoms with Gasteiger partial charge in [-0.15, -0.1) is 0 Å². The lowest BCUT2D eigenvalue weighted by Gasteiger charge is -1.98. The minimum atomic E-state index is 1.02. The molecular weight excluding hydrogens is 148 g/mol. The van der Waals surface area contributed by atoms with Crippen molar-refractivity contribution in [2.24, 2.45) is 0 Å². The Labute approximate surface area is 71.3 Å². The largest absolute Gasteiger partial charge is 0.264 e. The highest BCUT2D eigenvalue weighted by Crippen LogP contribution is 2.11. The molecule has 0 aliphatic heterocycles. The Bertz CT molecular complexity index is 396. The average Bonchev–Trinajstić information content (AvgIpc) is 2.17. The first-order chi connectivity index (χ1) is 5.90. The Kier molecular flexibility index (Phi) is 1.74. The highest BCUT2D eigenvalue weighted by Gasteiger charge is 1.94. The summed E-state index contributed by atoms with van der Waals surface area (Å²) in [5.74, 6) is 0. The van der Waals surface area contributed by atoms with E-state index in [0.29, 0.717) is 0 Å². The van der Waals surface area contributed by atoms with Gasteiger partial charge in [-0.1, -0.05) is 6.92 Å². The second kappa shape index (κ2) is 2.89. The van der Waals surface area contributed by atoms with Crippen molar-refractivity contribution in [3.63, 3.8) is 0 Å². The van der Waals surface area contributed by atoms with E-state index in [0.717, 1.165) is 17.3 Å². The summed E-state index contributed by atoms with van der Waals surface area (Å²) in [6.07, 6.45) is 6.56. The summed E-state index contributed by atoms with van der Waals surface area (Å²) in [7, 11) is 0. The van der Waals surface area contributed by atoms with Gasteiger partial charge in [-0.2, -0.15) is 0 Å². The third kappa shape index (κ3) is 1.16. The number of hydrogen-bond donors (Lipinski definition) is 0. The van der Waals surface area contributed by atoms with Gasteiger partial charge in [0, 0.05) is 24.0 Å². The molecule has 2 heteroatoms. The van der Waals surface area contributed by atoms with Crippen molar-refractivity contribution in [1.29, 1.82) is 0 Å². The summed E-state index contributed by atoms with van der Waals surface area (Å²) in [4.78, 5) is 8.36. The molecule has 2 nitrogen and oxygen atoms in total. The normalized spacial score (nSPS) is 10.4. The van der Waals surface area contributed by atoms with Crippen molar-refractivity contribution in [1.82, 2.24) is 9.97 Å². The third-order valence-corrected chi connectivity index (χ3v) is 1.95. The van der Waals surface area contributed by atoms with E-state index in [1.807, 2.05) is 18.5 Å². The molecule has 0 aliphatic rings. The van der Waals surface area contributed by atoms with Crippen LogP contribution in [0.25, 0.3) is 10.9 Å². The van der Waals surface area contributed by atoms with Crippen molar-refractivity contribution in [3.05, 3.63) is 36.3 Å². The summed E-state index contributed by atoms with van der Waals surface area (Å²) in [6, 6.07) is 4.06. The summed E-state index contributed by atoms with van der Waals surface area (Å²) < 4.78 is 0. The van der Waals surface area contributed by atoms with Crippen molar-refractivity contribution in [3.8, 4) is 0 Å². The van der Waals surface area contributed by atoms with Gasteiger partial charge in [0.15, 0.2) is 0 Å². The van der Waals surface area contributed by atoms with Crippen LogP contribution < -0.4 is 0 Å². The molecule has 0 amide bonds. The Morgan fingerprint density at radius 3 is 3.08 bits per heavy atom. The van der Waals surface area contributed by atoms with E-state index in [1.165, 1.54) is 5.56 Å². The zero-order valence-electron chi connectivity index (χ0n) is 6.99. The highest BCUT2D eigenvalue weighted by molar-refractivity contribution is 5.77. The Morgan fingerprint density at radius 1 is 1.33 bits per heavy atom. The Balaban J connectivity index is 2.67. The van der Waals surface area contributed by atoms with Crippen molar-refractivity contribution >= 4 is 10.9 Å². The van der Waals surface area contributed by atoms with Crippen LogP contribution in [-0.4, -0.2) is 9.97 Å². The number of nitrogens with zero attached hydrogens (tertiary/aromatic N) is 2. The molecule has 0 N–H and O–H groups in total. The minimum absolute atomic E-state index is 1.02.